The molecule has 0 saturated carbocycles. The van der Waals surface area contributed by atoms with Crippen LogP contribution in [-0.2, 0) is 10.0 Å². The van der Waals surface area contributed by atoms with E-state index in [0.717, 1.165) is 31.9 Å². The lowest BCUT2D eigenvalue weighted by molar-refractivity contribution is 0.221. The van der Waals surface area contributed by atoms with E-state index in [4.69, 9.17) is 0 Å². The van der Waals surface area contributed by atoms with Gasteiger partial charge in [0.1, 0.15) is 0 Å². The number of rotatable bonds is 6. The van der Waals surface area contributed by atoms with Crippen LogP contribution in [0.4, 0.5) is 5.69 Å². The molecule has 118 valence electrons. The summed E-state index contributed by atoms with van der Waals surface area (Å²) in [6.45, 7) is 9.33. The van der Waals surface area contributed by atoms with Crippen molar-refractivity contribution < 1.29 is 8.42 Å². The molecule has 5 nitrogen and oxygen atoms in total. The minimum absolute atomic E-state index is 0.195. The first-order valence-corrected chi connectivity index (χ1v) is 9.18. The molecule has 6 heteroatoms. The lowest BCUT2D eigenvalue weighted by Gasteiger charge is -2.37. The fraction of sp³-hybridized carbons (Fsp3) is 0.600. The van der Waals surface area contributed by atoms with Gasteiger partial charge in [-0.1, -0.05) is 32.0 Å². The van der Waals surface area contributed by atoms with Crippen LogP contribution in [0.5, 0.6) is 0 Å². The van der Waals surface area contributed by atoms with Gasteiger partial charge in [-0.2, -0.15) is 0 Å². The molecule has 0 amide bonds. The molecular weight excluding hydrogens is 286 g/mol. The molecule has 1 aromatic rings. The molecule has 0 bridgehead atoms. The summed E-state index contributed by atoms with van der Waals surface area (Å²) < 4.78 is 26.1. The number of benzene rings is 1. The average molecular weight is 311 g/mol. The molecule has 1 aliphatic heterocycles. The highest BCUT2D eigenvalue weighted by atomic mass is 32.2. The van der Waals surface area contributed by atoms with Crippen LogP contribution in [0.15, 0.2) is 30.3 Å². The van der Waals surface area contributed by atoms with E-state index in [1.165, 1.54) is 4.31 Å². The summed E-state index contributed by atoms with van der Waals surface area (Å²) in [6, 6.07) is 9.36. The van der Waals surface area contributed by atoms with Gasteiger partial charge in [0.15, 0.2) is 0 Å². The monoisotopic (exact) mass is 311 g/mol. The van der Waals surface area contributed by atoms with Gasteiger partial charge < -0.3 is 4.90 Å². The van der Waals surface area contributed by atoms with Crippen LogP contribution in [0.1, 0.15) is 13.8 Å². The Hall–Kier alpha value is -1.11. The third kappa shape index (κ3) is 4.18. The van der Waals surface area contributed by atoms with E-state index in [0.29, 0.717) is 13.2 Å². The number of hydrogen-bond donors (Lipinski definition) is 0. The maximum atomic E-state index is 12.3. The molecule has 0 radical (unpaired) electrons. The highest BCUT2D eigenvalue weighted by Gasteiger charge is 2.30. The predicted molar refractivity (Wildman–Crippen MR) is 86.9 cm³/mol. The molecule has 1 saturated heterocycles. The van der Waals surface area contributed by atoms with Gasteiger partial charge in [0.2, 0.25) is 10.0 Å². The zero-order chi connectivity index (χ0) is 15.3. The molecule has 0 unspecified atom stereocenters. The van der Waals surface area contributed by atoms with Crippen molar-refractivity contribution in [2.45, 2.75) is 13.8 Å². The number of hydrogen-bond acceptors (Lipinski definition) is 4. The fourth-order valence-corrected chi connectivity index (χ4v) is 4.03. The van der Waals surface area contributed by atoms with E-state index >= 15 is 0 Å². The van der Waals surface area contributed by atoms with Crippen LogP contribution in [0.25, 0.3) is 0 Å². The zero-order valence-electron chi connectivity index (χ0n) is 12.9. The molecule has 1 fully saturated rings. The van der Waals surface area contributed by atoms with E-state index in [1.807, 2.05) is 30.3 Å². The number of likely N-dealkylation sites (N-methyl/N-ethyl adjacent to an activating group) is 1. The Balaban J connectivity index is 2.03. The second-order valence-corrected chi connectivity index (χ2v) is 7.30. The van der Waals surface area contributed by atoms with Crippen molar-refractivity contribution in [2.24, 2.45) is 0 Å². The summed E-state index contributed by atoms with van der Waals surface area (Å²) >= 11 is 0. The van der Waals surface area contributed by atoms with Crippen molar-refractivity contribution in [2.75, 3.05) is 49.5 Å². The Labute approximate surface area is 128 Å². The third-order valence-corrected chi connectivity index (χ3v) is 5.70. The quantitative estimate of drug-likeness (QED) is 0.797. The Morgan fingerprint density at radius 1 is 1.14 bits per heavy atom. The second kappa shape index (κ2) is 7.24. The van der Waals surface area contributed by atoms with Gasteiger partial charge in [-0.05, 0) is 25.2 Å². The fourth-order valence-electron chi connectivity index (χ4n) is 2.54. The van der Waals surface area contributed by atoms with Crippen LogP contribution in [-0.4, -0.2) is 63.4 Å². The topological polar surface area (TPSA) is 43.9 Å². The lowest BCUT2D eigenvalue weighted by atomic mass is 10.3. The van der Waals surface area contributed by atoms with Crippen molar-refractivity contribution in [3.05, 3.63) is 30.3 Å². The van der Waals surface area contributed by atoms with Gasteiger partial charge in [-0.15, -0.1) is 0 Å². The molecule has 1 heterocycles. The Morgan fingerprint density at radius 2 is 1.81 bits per heavy atom. The number of sulfonamides is 1. The first kappa shape index (κ1) is 16.3. The van der Waals surface area contributed by atoms with Crippen molar-refractivity contribution >= 4 is 15.7 Å². The number of para-hydroxylation sites is 1. The minimum Gasteiger partial charge on any atom is -0.303 e. The van der Waals surface area contributed by atoms with Gasteiger partial charge in [-0.25, -0.2) is 8.42 Å². The summed E-state index contributed by atoms with van der Waals surface area (Å²) in [5, 5.41) is 0. The Bertz CT molecular complexity index is 529. The van der Waals surface area contributed by atoms with Gasteiger partial charge in [0.05, 0.1) is 18.1 Å². The molecule has 21 heavy (non-hydrogen) atoms. The third-order valence-electron chi connectivity index (χ3n) is 4.00. The van der Waals surface area contributed by atoms with Crippen molar-refractivity contribution in [1.82, 2.24) is 9.80 Å². The summed E-state index contributed by atoms with van der Waals surface area (Å²) in [6.07, 6.45) is 0. The van der Waals surface area contributed by atoms with Crippen LogP contribution in [0.2, 0.25) is 0 Å². The largest absolute Gasteiger partial charge is 0.303 e. The summed E-state index contributed by atoms with van der Waals surface area (Å²) in [4.78, 5) is 4.57. The molecule has 1 aromatic carbocycles. The molecular formula is C15H25N3O2S. The minimum atomic E-state index is -3.18. The summed E-state index contributed by atoms with van der Waals surface area (Å²) in [7, 11) is -3.18. The molecule has 0 spiro atoms. The molecule has 0 N–H and O–H groups in total. The maximum absolute atomic E-state index is 12.3. The smallest absolute Gasteiger partial charge is 0.237 e. The molecule has 1 aliphatic rings. The van der Waals surface area contributed by atoms with E-state index in [2.05, 4.69) is 23.6 Å². The maximum Gasteiger partial charge on any atom is 0.237 e. The van der Waals surface area contributed by atoms with Gasteiger partial charge >= 0.3 is 0 Å². The second-order valence-electron chi connectivity index (χ2n) is 5.29. The highest BCUT2D eigenvalue weighted by Crippen LogP contribution is 2.21. The lowest BCUT2D eigenvalue weighted by Crippen LogP contribution is -2.52. The molecule has 0 aromatic heterocycles. The Morgan fingerprint density at radius 3 is 2.43 bits per heavy atom. The van der Waals surface area contributed by atoms with E-state index < -0.39 is 10.0 Å². The van der Waals surface area contributed by atoms with Gasteiger partial charge in [0, 0.05) is 19.6 Å². The van der Waals surface area contributed by atoms with Crippen LogP contribution >= 0.6 is 0 Å². The zero-order valence-corrected chi connectivity index (χ0v) is 13.7. The van der Waals surface area contributed by atoms with Gasteiger partial charge in [0.25, 0.3) is 0 Å². The predicted octanol–water partition coefficient (Wildman–Crippen LogP) is 1.44. The standard InChI is InChI=1S/C15H25N3O2S/c1-3-16(4-2)10-11-17-12-13-21(19,20)18(14-17)15-8-6-5-7-9-15/h5-9H,3-4,10-14H2,1-2H3. The number of nitrogens with zero attached hydrogens (tertiary/aromatic N) is 3. The van der Waals surface area contributed by atoms with Crippen molar-refractivity contribution in [3.8, 4) is 0 Å². The van der Waals surface area contributed by atoms with E-state index in [1.54, 1.807) is 0 Å². The summed E-state index contributed by atoms with van der Waals surface area (Å²) in [5.41, 5.74) is 0.755. The van der Waals surface area contributed by atoms with Crippen molar-refractivity contribution in [3.63, 3.8) is 0 Å². The molecule has 2 rings (SSSR count). The molecule has 0 atom stereocenters. The average Bonchev–Trinajstić information content (AvgIpc) is 2.50. The van der Waals surface area contributed by atoms with Crippen LogP contribution in [0.3, 0.4) is 0 Å². The van der Waals surface area contributed by atoms with E-state index in [-0.39, 0.29) is 5.75 Å². The van der Waals surface area contributed by atoms with Crippen LogP contribution in [0, 0.1) is 0 Å². The molecule has 0 aliphatic carbocycles. The first-order chi connectivity index (χ1) is 10.1. The summed E-state index contributed by atoms with van der Waals surface area (Å²) in [5.74, 6) is 0.195. The van der Waals surface area contributed by atoms with Gasteiger partial charge in [-0.3, -0.25) is 9.21 Å². The first-order valence-electron chi connectivity index (χ1n) is 7.57. The van der Waals surface area contributed by atoms with E-state index in [9.17, 15) is 8.42 Å². The normalized spacial score (nSPS) is 19.1. The SMILES string of the molecule is CCN(CC)CCN1CCS(=O)(=O)N(c2ccccc2)C1. The number of anilines is 1. The Kier molecular flexibility index (Phi) is 5.61. The van der Waals surface area contributed by atoms with Crippen molar-refractivity contribution in [1.29, 1.82) is 0 Å². The highest BCUT2D eigenvalue weighted by molar-refractivity contribution is 7.92. The van der Waals surface area contributed by atoms with Crippen LogP contribution < -0.4 is 4.31 Å².